The molecule has 1 aliphatic carbocycles. The molecular weight excluding hydrogens is 194 g/mol. The van der Waals surface area contributed by atoms with Crippen LogP contribution in [0.2, 0.25) is 0 Å². The van der Waals surface area contributed by atoms with Crippen LogP contribution in [0.1, 0.15) is 36.7 Å². The molecule has 1 fully saturated rings. The Kier molecular flexibility index (Phi) is 2.73. The monoisotopic (exact) mass is 209 g/mol. The van der Waals surface area contributed by atoms with Gasteiger partial charge in [0.15, 0.2) is 0 Å². The molecule has 1 heterocycles. The molecule has 1 aliphatic rings. The number of aliphatic carboxylic acids is 1. The third kappa shape index (κ3) is 2.18. The number of rotatable bonds is 4. The lowest BCUT2D eigenvalue weighted by Gasteiger charge is -2.23. The average molecular weight is 209 g/mol. The molecule has 5 heteroatoms. The highest BCUT2D eigenvalue weighted by atomic mass is 16.4. The third-order valence-corrected chi connectivity index (χ3v) is 2.92. The fourth-order valence-electron chi connectivity index (χ4n) is 1.70. The average Bonchev–Trinajstić information content (AvgIpc) is 2.49. The van der Waals surface area contributed by atoms with Gasteiger partial charge in [0.25, 0.3) is 0 Å². The molecule has 1 saturated carbocycles. The first-order valence-electron chi connectivity index (χ1n) is 5.19. The van der Waals surface area contributed by atoms with Gasteiger partial charge in [0.2, 0.25) is 0 Å². The highest BCUT2D eigenvalue weighted by Gasteiger charge is 2.22. The number of nitrogens with two attached hydrogens (primary N) is 1. The lowest BCUT2D eigenvalue weighted by atomic mass is 9.83. The lowest BCUT2D eigenvalue weighted by molar-refractivity contribution is -0.138. The molecule has 5 nitrogen and oxygen atoms in total. The molecule has 1 aromatic heterocycles. The zero-order valence-corrected chi connectivity index (χ0v) is 8.44. The van der Waals surface area contributed by atoms with Crippen LogP contribution >= 0.6 is 0 Å². The van der Waals surface area contributed by atoms with Crippen molar-refractivity contribution in [2.75, 3.05) is 0 Å². The highest BCUT2D eigenvalue weighted by Crippen LogP contribution is 2.35. The molecule has 0 spiro atoms. The number of aromatic nitrogens is 2. The Hall–Kier alpha value is -1.36. The van der Waals surface area contributed by atoms with Gasteiger partial charge in [-0.2, -0.15) is 0 Å². The Morgan fingerprint density at radius 2 is 2.47 bits per heavy atom. The summed E-state index contributed by atoms with van der Waals surface area (Å²) in [5, 5.41) is 8.65. The van der Waals surface area contributed by atoms with Crippen LogP contribution in [-0.2, 0) is 11.2 Å². The number of H-pyrrole nitrogens is 1. The van der Waals surface area contributed by atoms with E-state index >= 15 is 0 Å². The molecule has 1 aromatic rings. The van der Waals surface area contributed by atoms with E-state index in [-0.39, 0.29) is 6.42 Å². The van der Waals surface area contributed by atoms with Crippen LogP contribution < -0.4 is 5.73 Å². The minimum absolute atomic E-state index is 0.266. The molecule has 1 atom stereocenters. The Bertz CT molecular complexity index is 357. The van der Waals surface area contributed by atoms with Crippen LogP contribution in [0.15, 0.2) is 6.20 Å². The quantitative estimate of drug-likeness (QED) is 0.678. The molecule has 0 radical (unpaired) electrons. The van der Waals surface area contributed by atoms with E-state index in [4.69, 9.17) is 10.8 Å². The summed E-state index contributed by atoms with van der Waals surface area (Å²) in [6.45, 7) is 0. The molecule has 1 unspecified atom stereocenters. The van der Waals surface area contributed by atoms with Crippen molar-refractivity contribution < 1.29 is 9.90 Å². The summed E-state index contributed by atoms with van der Waals surface area (Å²) in [6.07, 6.45) is 5.74. The van der Waals surface area contributed by atoms with Gasteiger partial charge in [-0.15, -0.1) is 0 Å². The number of nitrogens with zero attached hydrogens (tertiary/aromatic N) is 1. The largest absolute Gasteiger partial charge is 0.480 e. The Morgan fingerprint density at radius 3 is 3.00 bits per heavy atom. The molecule has 2 rings (SSSR count). The van der Waals surface area contributed by atoms with E-state index < -0.39 is 12.0 Å². The molecule has 82 valence electrons. The second-order valence-electron chi connectivity index (χ2n) is 4.06. The summed E-state index contributed by atoms with van der Waals surface area (Å²) >= 11 is 0. The summed E-state index contributed by atoms with van der Waals surface area (Å²) in [6, 6.07) is -0.870. The van der Waals surface area contributed by atoms with Gasteiger partial charge in [-0.1, -0.05) is 6.42 Å². The molecule has 15 heavy (non-hydrogen) atoms. The van der Waals surface area contributed by atoms with Crippen molar-refractivity contribution in [2.24, 2.45) is 5.73 Å². The van der Waals surface area contributed by atoms with Crippen molar-refractivity contribution in [1.29, 1.82) is 0 Å². The summed E-state index contributed by atoms with van der Waals surface area (Å²) in [5.41, 5.74) is 6.54. The predicted molar refractivity (Wildman–Crippen MR) is 54.5 cm³/mol. The van der Waals surface area contributed by atoms with Crippen molar-refractivity contribution in [2.45, 2.75) is 37.6 Å². The van der Waals surface area contributed by atoms with Crippen LogP contribution in [0.25, 0.3) is 0 Å². The van der Waals surface area contributed by atoms with Gasteiger partial charge in [-0.3, -0.25) is 4.79 Å². The number of aromatic amines is 1. The molecule has 0 saturated heterocycles. The molecule has 0 amide bonds. The second kappa shape index (κ2) is 4.02. The van der Waals surface area contributed by atoms with E-state index in [0.717, 1.165) is 5.69 Å². The SMILES string of the molecule is NC(Cc1ncc(C2CCC2)[nH]1)C(=O)O. The first-order chi connectivity index (χ1) is 7.16. The van der Waals surface area contributed by atoms with Gasteiger partial charge in [-0.25, -0.2) is 4.98 Å². The standard InChI is InChI=1S/C10H15N3O2/c11-7(10(14)15)4-9-12-5-8(13-9)6-2-1-3-6/h5-7H,1-4,11H2,(H,12,13)(H,14,15). The molecule has 0 aliphatic heterocycles. The van der Waals surface area contributed by atoms with Gasteiger partial charge in [0.1, 0.15) is 11.9 Å². The Morgan fingerprint density at radius 1 is 1.73 bits per heavy atom. The zero-order chi connectivity index (χ0) is 10.8. The Labute approximate surface area is 87.7 Å². The second-order valence-corrected chi connectivity index (χ2v) is 4.06. The maximum absolute atomic E-state index is 10.5. The van der Waals surface area contributed by atoms with E-state index in [1.807, 2.05) is 0 Å². The van der Waals surface area contributed by atoms with Crippen LogP contribution in [-0.4, -0.2) is 27.1 Å². The smallest absolute Gasteiger partial charge is 0.320 e. The minimum Gasteiger partial charge on any atom is -0.480 e. The fraction of sp³-hybridized carbons (Fsp3) is 0.600. The van der Waals surface area contributed by atoms with Gasteiger partial charge in [-0.05, 0) is 12.8 Å². The molecule has 0 bridgehead atoms. The summed E-state index contributed by atoms with van der Waals surface area (Å²) in [5.74, 6) is 0.274. The Balaban J connectivity index is 1.97. The van der Waals surface area contributed by atoms with Crippen LogP contribution in [0.5, 0.6) is 0 Å². The van der Waals surface area contributed by atoms with Crippen molar-refractivity contribution in [3.05, 3.63) is 17.7 Å². The highest BCUT2D eigenvalue weighted by molar-refractivity contribution is 5.73. The first kappa shape index (κ1) is 10.2. The molecule has 0 aromatic carbocycles. The number of hydrogen-bond donors (Lipinski definition) is 3. The van der Waals surface area contributed by atoms with Crippen LogP contribution in [0.3, 0.4) is 0 Å². The van der Waals surface area contributed by atoms with E-state index in [1.54, 1.807) is 6.20 Å². The fourth-order valence-corrected chi connectivity index (χ4v) is 1.70. The summed E-state index contributed by atoms with van der Waals surface area (Å²) < 4.78 is 0. The van der Waals surface area contributed by atoms with E-state index in [9.17, 15) is 4.79 Å². The summed E-state index contributed by atoms with van der Waals surface area (Å²) in [7, 11) is 0. The number of carbonyl (C=O) groups is 1. The number of carboxylic acid groups (broad SMARTS) is 1. The number of nitrogens with one attached hydrogen (secondary N) is 1. The number of hydrogen-bond acceptors (Lipinski definition) is 3. The molecule has 4 N–H and O–H groups in total. The lowest BCUT2D eigenvalue weighted by Crippen LogP contribution is -2.32. The van der Waals surface area contributed by atoms with Crippen molar-refractivity contribution in [1.82, 2.24) is 9.97 Å². The maximum atomic E-state index is 10.5. The van der Waals surface area contributed by atoms with Gasteiger partial charge in [0, 0.05) is 24.2 Å². The maximum Gasteiger partial charge on any atom is 0.320 e. The zero-order valence-electron chi connectivity index (χ0n) is 8.44. The van der Waals surface area contributed by atoms with Crippen molar-refractivity contribution >= 4 is 5.97 Å². The van der Waals surface area contributed by atoms with Crippen molar-refractivity contribution in [3.63, 3.8) is 0 Å². The first-order valence-corrected chi connectivity index (χ1v) is 5.19. The predicted octanol–water partition coefficient (Wildman–Crippen LogP) is 0.632. The van der Waals surface area contributed by atoms with E-state index in [1.165, 1.54) is 19.3 Å². The van der Waals surface area contributed by atoms with E-state index in [0.29, 0.717) is 11.7 Å². The van der Waals surface area contributed by atoms with Gasteiger partial charge < -0.3 is 15.8 Å². The van der Waals surface area contributed by atoms with Crippen LogP contribution in [0.4, 0.5) is 0 Å². The van der Waals surface area contributed by atoms with Gasteiger partial charge >= 0.3 is 5.97 Å². The third-order valence-electron chi connectivity index (χ3n) is 2.92. The van der Waals surface area contributed by atoms with Crippen molar-refractivity contribution in [3.8, 4) is 0 Å². The normalized spacial score (nSPS) is 18.5. The minimum atomic E-state index is -0.989. The summed E-state index contributed by atoms with van der Waals surface area (Å²) in [4.78, 5) is 17.8. The molecular formula is C10H15N3O2. The number of imidazole rings is 1. The van der Waals surface area contributed by atoms with E-state index in [2.05, 4.69) is 9.97 Å². The number of carboxylic acids is 1. The van der Waals surface area contributed by atoms with Gasteiger partial charge in [0.05, 0.1) is 0 Å². The topological polar surface area (TPSA) is 92.0 Å². The van der Waals surface area contributed by atoms with Crippen LogP contribution in [0, 0.1) is 0 Å².